The van der Waals surface area contributed by atoms with E-state index in [-0.39, 0.29) is 16.8 Å². The lowest BCUT2D eigenvalue weighted by Crippen LogP contribution is -2.30. The number of ether oxygens (including phenoxy) is 1. The first-order valence-electron chi connectivity index (χ1n) is 8.43. The zero-order valence-corrected chi connectivity index (χ0v) is 15.5. The molecule has 0 bridgehead atoms. The number of nitrogens with one attached hydrogen (secondary N) is 2. The number of hydrogen-bond acceptors (Lipinski definition) is 4. The molecular formula is C19H22N2O4S. The van der Waals surface area contributed by atoms with Crippen molar-refractivity contribution in [3.05, 3.63) is 54.1 Å². The fraction of sp³-hybridized carbons (Fsp3) is 0.316. The molecule has 0 spiro atoms. The summed E-state index contributed by atoms with van der Waals surface area (Å²) in [7, 11) is -2.29. The minimum atomic E-state index is -3.75. The highest BCUT2D eigenvalue weighted by atomic mass is 32.2. The molecule has 2 aromatic rings. The fourth-order valence-corrected chi connectivity index (χ4v) is 4.22. The Kier molecular flexibility index (Phi) is 5.29. The molecule has 138 valence electrons. The van der Waals surface area contributed by atoms with Gasteiger partial charge in [-0.1, -0.05) is 30.3 Å². The highest BCUT2D eigenvalue weighted by Crippen LogP contribution is 2.42. The third-order valence-electron chi connectivity index (χ3n) is 4.33. The molecule has 0 heterocycles. The third-order valence-corrected chi connectivity index (χ3v) is 5.76. The summed E-state index contributed by atoms with van der Waals surface area (Å²) < 4.78 is 33.8. The average Bonchev–Trinajstić information content (AvgIpc) is 3.45. The molecule has 1 aliphatic carbocycles. The number of amides is 1. The Hall–Kier alpha value is -2.38. The first-order chi connectivity index (χ1) is 12.4. The SMILES string of the molecule is COc1ccc(S(=O)(=O)N[C@H](c2ccccc2)C2CC2)cc1NC(C)=O. The van der Waals surface area contributed by atoms with Gasteiger partial charge in [0.15, 0.2) is 0 Å². The van der Waals surface area contributed by atoms with Crippen LogP contribution >= 0.6 is 0 Å². The summed E-state index contributed by atoms with van der Waals surface area (Å²) in [5, 5.41) is 2.60. The van der Waals surface area contributed by atoms with Gasteiger partial charge in [0.05, 0.1) is 17.7 Å². The molecule has 0 aliphatic heterocycles. The lowest BCUT2D eigenvalue weighted by molar-refractivity contribution is -0.114. The molecule has 1 aliphatic rings. The number of carbonyl (C=O) groups is 1. The van der Waals surface area contributed by atoms with Crippen molar-refractivity contribution in [2.45, 2.75) is 30.7 Å². The maximum Gasteiger partial charge on any atom is 0.241 e. The summed E-state index contributed by atoms with van der Waals surface area (Å²) in [4.78, 5) is 11.5. The van der Waals surface area contributed by atoms with Crippen molar-refractivity contribution >= 4 is 21.6 Å². The number of anilines is 1. The summed E-state index contributed by atoms with van der Waals surface area (Å²) in [5.74, 6) is 0.409. The van der Waals surface area contributed by atoms with Crippen molar-refractivity contribution < 1.29 is 17.9 Å². The minimum Gasteiger partial charge on any atom is -0.495 e. The third kappa shape index (κ3) is 4.23. The number of methoxy groups -OCH3 is 1. The second-order valence-corrected chi connectivity index (χ2v) is 8.10. The van der Waals surface area contributed by atoms with Gasteiger partial charge in [-0.25, -0.2) is 13.1 Å². The lowest BCUT2D eigenvalue weighted by Gasteiger charge is -2.19. The second kappa shape index (κ2) is 7.47. The topological polar surface area (TPSA) is 84.5 Å². The number of carbonyl (C=O) groups excluding carboxylic acids is 1. The molecule has 6 nitrogen and oxygen atoms in total. The van der Waals surface area contributed by atoms with E-state index in [0.29, 0.717) is 17.4 Å². The van der Waals surface area contributed by atoms with Crippen molar-refractivity contribution in [2.75, 3.05) is 12.4 Å². The van der Waals surface area contributed by atoms with Crippen molar-refractivity contribution in [1.82, 2.24) is 4.72 Å². The van der Waals surface area contributed by atoms with Gasteiger partial charge in [-0.15, -0.1) is 0 Å². The number of rotatable bonds is 7. The van der Waals surface area contributed by atoms with Gasteiger partial charge < -0.3 is 10.1 Å². The van der Waals surface area contributed by atoms with E-state index in [9.17, 15) is 13.2 Å². The normalized spacial score (nSPS) is 15.3. The van der Waals surface area contributed by atoms with E-state index in [1.165, 1.54) is 32.2 Å². The highest BCUT2D eigenvalue weighted by molar-refractivity contribution is 7.89. The van der Waals surface area contributed by atoms with Crippen LogP contribution in [0.2, 0.25) is 0 Å². The molecule has 2 N–H and O–H groups in total. The van der Waals surface area contributed by atoms with Gasteiger partial charge in [0.25, 0.3) is 0 Å². The van der Waals surface area contributed by atoms with Crippen LogP contribution in [0.4, 0.5) is 5.69 Å². The van der Waals surface area contributed by atoms with Gasteiger partial charge >= 0.3 is 0 Å². The Bertz CT molecular complexity index is 893. The van der Waals surface area contributed by atoms with E-state index in [4.69, 9.17) is 4.74 Å². The summed E-state index contributed by atoms with van der Waals surface area (Å²) >= 11 is 0. The molecule has 1 atom stereocenters. The number of benzene rings is 2. The van der Waals surface area contributed by atoms with Crippen LogP contribution in [-0.2, 0) is 14.8 Å². The van der Waals surface area contributed by atoms with Gasteiger partial charge in [-0.3, -0.25) is 4.79 Å². The Labute approximate surface area is 153 Å². The van der Waals surface area contributed by atoms with E-state index >= 15 is 0 Å². The Morgan fingerprint density at radius 3 is 2.42 bits per heavy atom. The van der Waals surface area contributed by atoms with Crippen LogP contribution in [-0.4, -0.2) is 21.4 Å². The van der Waals surface area contributed by atoms with Crippen LogP contribution in [0.5, 0.6) is 5.75 Å². The van der Waals surface area contributed by atoms with Gasteiger partial charge in [-0.2, -0.15) is 0 Å². The lowest BCUT2D eigenvalue weighted by atomic mass is 10.0. The molecule has 0 unspecified atom stereocenters. The van der Waals surface area contributed by atoms with E-state index in [1.807, 2.05) is 30.3 Å². The second-order valence-electron chi connectivity index (χ2n) is 6.39. The van der Waals surface area contributed by atoms with Gasteiger partial charge in [0.2, 0.25) is 15.9 Å². The molecule has 0 aromatic heterocycles. The smallest absolute Gasteiger partial charge is 0.241 e. The van der Waals surface area contributed by atoms with Gasteiger partial charge in [-0.05, 0) is 42.5 Å². The van der Waals surface area contributed by atoms with Crippen LogP contribution in [0.3, 0.4) is 0 Å². The van der Waals surface area contributed by atoms with E-state index < -0.39 is 10.0 Å². The van der Waals surface area contributed by atoms with E-state index in [2.05, 4.69) is 10.0 Å². The van der Waals surface area contributed by atoms with Crippen LogP contribution in [0, 0.1) is 5.92 Å². The fourth-order valence-electron chi connectivity index (χ4n) is 2.90. The number of hydrogen-bond donors (Lipinski definition) is 2. The highest BCUT2D eigenvalue weighted by Gasteiger charge is 2.35. The minimum absolute atomic E-state index is 0.0867. The van der Waals surface area contributed by atoms with Crippen molar-refractivity contribution in [2.24, 2.45) is 5.92 Å². The van der Waals surface area contributed by atoms with E-state index in [0.717, 1.165) is 18.4 Å². The Balaban J connectivity index is 1.91. The zero-order valence-electron chi connectivity index (χ0n) is 14.7. The van der Waals surface area contributed by atoms with Crippen LogP contribution < -0.4 is 14.8 Å². The van der Waals surface area contributed by atoms with Crippen LogP contribution in [0.1, 0.15) is 31.4 Å². The number of sulfonamides is 1. The molecule has 1 saturated carbocycles. The molecule has 7 heteroatoms. The maximum atomic E-state index is 12.9. The molecule has 2 aromatic carbocycles. The predicted molar refractivity (Wildman–Crippen MR) is 99.5 cm³/mol. The standard InChI is InChI=1S/C19H22N2O4S/c1-13(22)20-17-12-16(10-11-18(17)25-2)26(23,24)21-19(15-8-9-15)14-6-4-3-5-7-14/h3-7,10-12,15,19,21H,8-9H2,1-2H3,(H,20,22)/t19-/m1/s1. The van der Waals surface area contributed by atoms with Gasteiger partial charge in [0.1, 0.15) is 5.75 Å². The maximum absolute atomic E-state index is 12.9. The van der Waals surface area contributed by atoms with Crippen molar-refractivity contribution in [3.8, 4) is 5.75 Å². The molecule has 1 fully saturated rings. The molecule has 3 rings (SSSR count). The summed E-state index contributed by atoms with van der Waals surface area (Å²) in [6.45, 7) is 1.36. The Morgan fingerprint density at radius 1 is 1.15 bits per heavy atom. The summed E-state index contributed by atoms with van der Waals surface area (Å²) in [6.07, 6.45) is 2.00. The molecular weight excluding hydrogens is 352 g/mol. The summed E-state index contributed by atoms with van der Waals surface area (Å²) in [5.41, 5.74) is 1.28. The average molecular weight is 374 g/mol. The van der Waals surface area contributed by atoms with Crippen molar-refractivity contribution in [1.29, 1.82) is 0 Å². The van der Waals surface area contributed by atoms with Crippen molar-refractivity contribution in [3.63, 3.8) is 0 Å². The molecule has 0 saturated heterocycles. The largest absolute Gasteiger partial charge is 0.495 e. The predicted octanol–water partition coefficient (Wildman–Crippen LogP) is 3.08. The first kappa shape index (κ1) is 18.4. The van der Waals surface area contributed by atoms with Gasteiger partial charge in [0, 0.05) is 13.0 Å². The van der Waals surface area contributed by atoms with E-state index in [1.54, 1.807) is 0 Å². The Morgan fingerprint density at radius 2 is 1.85 bits per heavy atom. The molecule has 0 radical (unpaired) electrons. The van der Waals surface area contributed by atoms with Crippen LogP contribution in [0.25, 0.3) is 0 Å². The quantitative estimate of drug-likeness (QED) is 0.780. The summed E-state index contributed by atoms with van der Waals surface area (Å²) in [6, 6.07) is 13.7. The van der Waals surface area contributed by atoms with Crippen LogP contribution in [0.15, 0.2) is 53.4 Å². The monoisotopic (exact) mass is 374 g/mol. The first-order valence-corrected chi connectivity index (χ1v) is 9.92. The molecule has 1 amide bonds. The zero-order chi connectivity index (χ0) is 18.7. The molecule has 26 heavy (non-hydrogen) atoms.